The van der Waals surface area contributed by atoms with Gasteiger partial charge in [0.05, 0.1) is 6.61 Å². The van der Waals surface area contributed by atoms with Crippen molar-refractivity contribution in [3.8, 4) is 0 Å². The van der Waals surface area contributed by atoms with E-state index in [2.05, 4.69) is 4.74 Å². The summed E-state index contributed by atoms with van der Waals surface area (Å²) in [5.41, 5.74) is 4.73. The standard InChI is InChI=1S/C6H11NO6/c7-5(11)6(12)4(10)3(9)2(8)1-13-6/h2-4,8-10,12H,1H2,(H2,7,11)/t2-,3+,4-,6-/m1/s1. The lowest BCUT2D eigenvalue weighted by Crippen LogP contribution is -2.66. The fourth-order valence-electron chi connectivity index (χ4n) is 1.06. The van der Waals surface area contributed by atoms with E-state index in [0.717, 1.165) is 0 Å². The van der Waals surface area contributed by atoms with Gasteiger partial charge in [-0.2, -0.15) is 0 Å². The number of aliphatic hydroxyl groups is 4. The van der Waals surface area contributed by atoms with E-state index in [1.54, 1.807) is 0 Å². The number of nitrogens with two attached hydrogens (primary N) is 1. The normalized spacial score (nSPS) is 46.0. The van der Waals surface area contributed by atoms with Crippen LogP contribution in [0.4, 0.5) is 0 Å². The maximum atomic E-state index is 10.6. The van der Waals surface area contributed by atoms with Crippen LogP contribution in [0, 0.1) is 0 Å². The Kier molecular flexibility index (Phi) is 2.55. The topological polar surface area (TPSA) is 133 Å². The highest BCUT2D eigenvalue weighted by molar-refractivity contribution is 5.82. The molecule has 1 amide bonds. The first-order valence-electron chi connectivity index (χ1n) is 3.60. The Morgan fingerprint density at radius 2 is 2.00 bits per heavy atom. The predicted octanol–water partition coefficient (Wildman–Crippen LogP) is -3.73. The zero-order chi connectivity index (χ0) is 10.2. The van der Waals surface area contributed by atoms with Gasteiger partial charge >= 0.3 is 0 Å². The molecule has 0 unspecified atom stereocenters. The quantitative estimate of drug-likeness (QED) is 0.291. The third-order valence-electron chi connectivity index (χ3n) is 1.95. The number of carbonyl (C=O) groups excluding carboxylic acids is 1. The van der Waals surface area contributed by atoms with Gasteiger partial charge in [0.15, 0.2) is 0 Å². The highest BCUT2D eigenvalue weighted by atomic mass is 16.7. The molecule has 6 N–H and O–H groups in total. The number of amides is 1. The Balaban J connectivity index is 2.85. The van der Waals surface area contributed by atoms with Crippen molar-refractivity contribution in [1.29, 1.82) is 0 Å². The molecule has 1 saturated heterocycles. The second-order valence-electron chi connectivity index (χ2n) is 2.87. The third kappa shape index (κ3) is 1.52. The van der Waals surface area contributed by atoms with E-state index in [1.807, 2.05) is 0 Å². The van der Waals surface area contributed by atoms with E-state index in [-0.39, 0.29) is 0 Å². The number of primary amides is 1. The summed E-state index contributed by atoms with van der Waals surface area (Å²) in [5.74, 6) is -3.94. The molecule has 1 fully saturated rings. The van der Waals surface area contributed by atoms with Gasteiger partial charge in [-0.25, -0.2) is 0 Å². The lowest BCUT2D eigenvalue weighted by atomic mass is 9.96. The molecule has 7 nitrogen and oxygen atoms in total. The average molecular weight is 193 g/mol. The van der Waals surface area contributed by atoms with Crippen LogP contribution < -0.4 is 5.73 Å². The summed E-state index contributed by atoms with van der Waals surface area (Å²) in [6.07, 6.45) is -4.96. The number of aliphatic hydroxyl groups excluding tert-OH is 3. The Morgan fingerprint density at radius 1 is 1.46 bits per heavy atom. The van der Waals surface area contributed by atoms with Crippen molar-refractivity contribution < 1.29 is 30.0 Å². The van der Waals surface area contributed by atoms with Gasteiger partial charge in [0, 0.05) is 0 Å². The van der Waals surface area contributed by atoms with Gasteiger partial charge in [0.25, 0.3) is 11.7 Å². The lowest BCUT2D eigenvalue weighted by Gasteiger charge is -2.39. The number of hydrogen-bond acceptors (Lipinski definition) is 6. The molecule has 1 aliphatic rings. The molecular formula is C6H11NO6. The zero-order valence-electron chi connectivity index (χ0n) is 6.62. The molecule has 0 aliphatic carbocycles. The maximum Gasteiger partial charge on any atom is 0.280 e. The first-order valence-corrected chi connectivity index (χ1v) is 3.60. The molecule has 1 aliphatic heterocycles. The summed E-state index contributed by atoms with van der Waals surface area (Å²) in [6.45, 7) is -0.475. The van der Waals surface area contributed by atoms with Gasteiger partial charge < -0.3 is 30.9 Å². The number of hydrogen-bond donors (Lipinski definition) is 5. The van der Waals surface area contributed by atoms with Gasteiger partial charge in [-0.15, -0.1) is 0 Å². The van der Waals surface area contributed by atoms with Crippen LogP contribution in [0.25, 0.3) is 0 Å². The van der Waals surface area contributed by atoms with Crippen molar-refractivity contribution in [1.82, 2.24) is 0 Å². The van der Waals surface area contributed by atoms with Gasteiger partial charge in [-0.05, 0) is 0 Å². The van der Waals surface area contributed by atoms with Crippen LogP contribution in [-0.2, 0) is 9.53 Å². The Hall–Kier alpha value is -0.730. The van der Waals surface area contributed by atoms with Crippen molar-refractivity contribution >= 4 is 5.91 Å². The van der Waals surface area contributed by atoms with Crippen LogP contribution in [-0.4, -0.2) is 57.0 Å². The second-order valence-corrected chi connectivity index (χ2v) is 2.87. The molecular weight excluding hydrogens is 182 g/mol. The van der Waals surface area contributed by atoms with Gasteiger partial charge in [-0.1, -0.05) is 0 Å². The number of rotatable bonds is 1. The average Bonchev–Trinajstić information content (AvgIpc) is 2.08. The van der Waals surface area contributed by atoms with Crippen LogP contribution in [0.1, 0.15) is 0 Å². The monoisotopic (exact) mass is 193 g/mol. The zero-order valence-corrected chi connectivity index (χ0v) is 6.62. The fraction of sp³-hybridized carbons (Fsp3) is 0.833. The van der Waals surface area contributed by atoms with Crippen molar-refractivity contribution in [2.45, 2.75) is 24.1 Å². The summed E-state index contributed by atoms with van der Waals surface area (Å²) in [7, 11) is 0. The second kappa shape index (κ2) is 3.20. The number of carbonyl (C=O) groups is 1. The summed E-state index contributed by atoms with van der Waals surface area (Å²) in [5, 5.41) is 36.5. The molecule has 0 spiro atoms. The maximum absolute atomic E-state index is 10.6. The van der Waals surface area contributed by atoms with E-state index >= 15 is 0 Å². The molecule has 1 heterocycles. The molecule has 0 aromatic heterocycles. The summed E-state index contributed by atoms with van der Waals surface area (Å²) >= 11 is 0. The molecule has 0 aromatic carbocycles. The van der Waals surface area contributed by atoms with E-state index in [0.29, 0.717) is 0 Å². The first-order chi connectivity index (χ1) is 5.89. The molecule has 1 rings (SSSR count). The fourth-order valence-corrected chi connectivity index (χ4v) is 1.06. The summed E-state index contributed by atoms with van der Waals surface area (Å²) < 4.78 is 4.44. The Bertz CT molecular complexity index is 221. The number of ether oxygens (including phenoxy) is 1. The van der Waals surface area contributed by atoms with Crippen molar-refractivity contribution in [3.05, 3.63) is 0 Å². The van der Waals surface area contributed by atoms with Crippen LogP contribution in [0.3, 0.4) is 0 Å². The molecule has 7 heteroatoms. The van der Waals surface area contributed by atoms with Gasteiger partial charge in [0.2, 0.25) is 0 Å². The minimum Gasteiger partial charge on any atom is -0.388 e. The van der Waals surface area contributed by atoms with Crippen LogP contribution in [0.2, 0.25) is 0 Å². The highest BCUT2D eigenvalue weighted by Gasteiger charge is 2.52. The van der Waals surface area contributed by atoms with E-state index < -0.39 is 36.6 Å². The first kappa shape index (κ1) is 10.4. The summed E-state index contributed by atoms with van der Waals surface area (Å²) in [6, 6.07) is 0. The van der Waals surface area contributed by atoms with E-state index in [4.69, 9.17) is 21.1 Å². The largest absolute Gasteiger partial charge is 0.388 e. The molecule has 0 aromatic rings. The highest BCUT2D eigenvalue weighted by Crippen LogP contribution is 2.23. The SMILES string of the molecule is NC(=O)[C@]1(O)OC[C@@H](O)[C@H](O)[C@H]1O. The van der Waals surface area contributed by atoms with Crippen molar-refractivity contribution in [2.24, 2.45) is 5.73 Å². The third-order valence-corrected chi connectivity index (χ3v) is 1.95. The van der Waals surface area contributed by atoms with Crippen molar-refractivity contribution in [3.63, 3.8) is 0 Å². The van der Waals surface area contributed by atoms with Gasteiger partial charge in [0.1, 0.15) is 18.3 Å². The van der Waals surface area contributed by atoms with E-state index in [1.165, 1.54) is 0 Å². The molecule has 13 heavy (non-hydrogen) atoms. The molecule has 0 saturated carbocycles. The van der Waals surface area contributed by atoms with Crippen LogP contribution >= 0.6 is 0 Å². The molecule has 0 bridgehead atoms. The smallest absolute Gasteiger partial charge is 0.280 e. The predicted molar refractivity (Wildman–Crippen MR) is 38.1 cm³/mol. The Morgan fingerprint density at radius 3 is 2.46 bits per heavy atom. The van der Waals surface area contributed by atoms with E-state index in [9.17, 15) is 9.90 Å². The van der Waals surface area contributed by atoms with Crippen LogP contribution in [0.5, 0.6) is 0 Å². The minimum atomic E-state index is -2.63. The molecule has 0 radical (unpaired) electrons. The Labute approximate surface area is 73.4 Å². The summed E-state index contributed by atoms with van der Waals surface area (Å²) in [4.78, 5) is 10.6. The van der Waals surface area contributed by atoms with Gasteiger partial charge in [-0.3, -0.25) is 4.79 Å². The minimum absolute atomic E-state index is 0.475. The van der Waals surface area contributed by atoms with Crippen molar-refractivity contribution in [2.75, 3.05) is 6.61 Å². The molecule has 4 atom stereocenters. The van der Waals surface area contributed by atoms with Crippen LogP contribution in [0.15, 0.2) is 0 Å². The molecule has 76 valence electrons. The lowest BCUT2D eigenvalue weighted by molar-refractivity contribution is -0.302.